The molecule has 1 unspecified atom stereocenters. The van der Waals surface area contributed by atoms with Crippen LogP contribution < -0.4 is 5.73 Å². The second-order valence-electron chi connectivity index (χ2n) is 3.57. The number of nitrogens with two attached hydrogens (primary N) is 1. The van der Waals surface area contributed by atoms with E-state index in [0.717, 1.165) is 23.6 Å². The highest BCUT2D eigenvalue weighted by atomic mass is 35.5. The van der Waals surface area contributed by atoms with Crippen molar-refractivity contribution in [3.8, 4) is 5.75 Å². The Morgan fingerprint density at radius 1 is 1.43 bits per heavy atom. The van der Waals surface area contributed by atoms with Gasteiger partial charge in [-0.05, 0) is 36.5 Å². The summed E-state index contributed by atoms with van der Waals surface area (Å²) >= 11 is 0. The van der Waals surface area contributed by atoms with Crippen LogP contribution in [0.2, 0.25) is 0 Å². The average Bonchev–Trinajstić information content (AvgIpc) is 2.02. The predicted molar refractivity (Wildman–Crippen MR) is 55.3 cm³/mol. The summed E-state index contributed by atoms with van der Waals surface area (Å²) in [6, 6.07) is 2.88. The molecule has 0 saturated carbocycles. The van der Waals surface area contributed by atoms with Gasteiger partial charge in [0.05, 0.1) is 0 Å². The topological polar surface area (TPSA) is 46.2 Å². The number of benzene rings is 1. The lowest BCUT2D eigenvalue weighted by Crippen LogP contribution is -2.28. The summed E-state index contributed by atoms with van der Waals surface area (Å²) in [5.74, 6) is -0.313. The summed E-state index contributed by atoms with van der Waals surface area (Å²) in [7, 11) is 0. The van der Waals surface area contributed by atoms with Gasteiger partial charge in [0.25, 0.3) is 0 Å². The van der Waals surface area contributed by atoms with Gasteiger partial charge in [-0.25, -0.2) is 4.39 Å². The minimum Gasteiger partial charge on any atom is -0.508 e. The van der Waals surface area contributed by atoms with Crippen molar-refractivity contribution in [3.63, 3.8) is 0 Å². The van der Waals surface area contributed by atoms with E-state index in [9.17, 15) is 9.50 Å². The molecule has 0 radical (unpaired) electrons. The highest BCUT2D eigenvalue weighted by Crippen LogP contribution is 2.27. The normalized spacial score (nSPS) is 19.7. The second kappa shape index (κ2) is 4.15. The minimum absolute atomic E-state index is 0. The van der Waals surface area contributed by atoms with E-state index in [0.29, 0.717) is 12.8 Å². The van der Waals surface area contributed by atoms with Gasteiger partial charge in [-0.3, -0.25) is 0 Å². The summed E-state index contributed by atoms with van der Waals surface area (Å²) in [6.45, 7) is 0. The van der Waals surface area contributed by atoms with Crippen LogP contribution in [0.1, 0.15) is 17.5 Å². The fraction of sp³-hybridized carbons (Fsp3) is 0.400. The molecule has 0 aliphatic heterocycles. The van der Waals surface area contributed by atoms with E-state index in [1.165, 1.54) is 0 Å². The Morgan fingerprint density at radius 2 is 2.14 bits per heavy atom. The number of rotatable bonds is 0. The van der Waals surface area contributed by atoms with E-state index in [2.05, 4.69) is 0 Å². The van der Waals surface area contributed by atoms with E-state index in [1.807, 2.05) is 0 Å². The Hall–Kier alpha value is -0.800. The van der Waals surface area contributed by atoms with E-state index in [1.54, 1.807) is 6.07 Å². The Bertz CT molecular complexity index is 343. The zero-order valence-corrected chi connectivity index (χ0v) is 8.48. The largest absolute Gasteiger partial charge is 0.508 e. The van der Waals surface area contributed by atoms with Crippen LogP contribution in [-0.4, -0.2) is 11.1 Å². The predicted octanol–water partition coefficient (Wildman–Crippen LogP) is 1.77. The molecule has 1 aliphatic carbocycles. The maximum atomic E-state index is 13.3. The molecule has 0 fully saturated rings. The summed E-state index contributed by atoms with van der Waals surface area (Å²) in [5, 5.41) is 9.17. The zero-order valence-electron chi connectivity index (χ0n) is 7.66. The molecule has 2 nitrogen and oxygen atoms in total. The van der Waals surface area contributed by atoms with E-state index in [4.69, 9.17) is 5.73 Å². The van der Waals surface area contributed by atoms with Crippen LogP contribution in [0.25, 0.3) is 0 Å². The summed E-state index contributed by atoms with van der Waals surface area (Å²) in [4.78, 5) is 0. The standard InChI is InChI=1S/C10H12FNO.ClH/c11-10-5-8(13)4-6-3-7(12)1-2-9(6)10;/h4-5,7,13H,1-3,12H2;1H. The van der Waals surface area contributed by atoms with Gasteiger partial charge in [-0.1, -0.05) is 0 Å². The first-order valence-electron chi connectivity index (χ1n) is 4.42. The Morgan fingerprint density at radius 3 is 2.86 bits per heavy atom. The molecule has 0 aromatic heterocycles. The molecule has 0 spiro atoms. The van der Waals surface area contributed by atoms with Gasteiger partial charge in [0.2, 0.25) is 0 Å². The van der Waals surface area contributed by atoms with Crippen molar-refractivity contribution in [3.05, 3.63) is 29.1 Å². The van der Waals surface area contributed by atoms with E-state index < -0.39 is 0 Å². The van der Waals surface area contributed by atoms with Crippen LogP contribution in [0.5, 0.6) is 5.75 Å². The third kappa shape index (κ3) is 1.99. The molecule has 78 valence electrons. The van der Waals surface area contributed by atoms with Crippen LogP contribution in [0, 0.1) is 5.82 Å². The smallest absolute Gasteiger partial charge is 0.130 e. The Kier molecular flexibility index (Phi) is 3.34. The van der Waals surface area contributed by atoms with Gasteiger partial charge in [0, 0.05) is 12.1 Å². The third-order valence-corrected chi connectivity index (χ3v) is 2.52. The van der Waals surface area contributed by atoms with Crippen LogP contribution in [-0.2, 0) is 12.8 Å². The molecule has 4 heteroatoms. The first-order chi connectivity index (χ1) is 6.16. The number of aromatic hydroxyl groups is 1. The first kappa shape index (κ1) is 11.3. The number of phenols is 1. The molecule has 1 aromatic rings. The maximum absolute atomic E-state index is 13.3. The van der Waals surface area contributed by atoms with Crippen molar-refractivity contribution in [1.82, 2.24) is 0 Å². The highest BCUT2D eigenvalue weighted by Gasteiger charge is 2.19. The Labute approximate surface area is 88.3 Å². The second-order valence-corrected chi connectivity index (χ2v) is 3.57. The lowest BCUT2D eigenvalue weighted by atomic mass is 9.88. The Balaban J connectivity index is 0.000000980. The van der Waals surface area contributed by atoms with Gasteiger partial charge in [-0.2, -0.15) is 0 Å². The first-order valence-corrected chi connectivity index (χ1v) is 4.42. The summed E-state index contributed by atoms with van der Waals surface area (Å²) in [6.07, 6.45) is 2.18. The quantitative estimate of drug-likeness (QED) is 0.696. The van der Waals surface area contributed by atoms with Crippen LogP contribution in [0.15, 0.2) is 12.1 Å². The third-order valence-electron chi connectivity index (χ3n) is 2.52. The number of halogens is 2. The van der Waals surface area contributed by atoms with Crippen molar-refractivity contribution in [2.24, 2.45) is 5.73 Å². The lowest BCUT2D eigenvalue weighted by Gasteiger charge is -2.21. The molecule has 2 rings (SSSR count). The van der Waals surface area contributed by atoms with Crippen molar-refractivity contribution >= 4 is 12.4 Å². The number of fused-ring (bicyclic) bond motifs is 1. The van der Waals surface area contributed by atoms with Crippen molar-refractivity contribution in [1.29, 1.82) is 0 Å². The van der Waals surface area contributed by atoms with Gasteiger partial charge < -0.3 is 10.8 Å². The molecule has 3 N–H and O–H groups in total. The SMILES string of the molecule is Cl.NC1CCc2c(F)cc(O)cc2C1. The molecule has 0 bridgehead atoms. The van der Waals surface area contributed by atoms with Gasteiger partial charge in [-0.15, -0.1) is 12.4 Å². The molecular weight excluding hydrogens is 205 g/mol. The summed E-state index contributed by atoms with van der Waals surface area (Å²) < 4.78 is 13.3. The molecule has 0 heterocycles. The van der Waals surface area contributed by atoms with E-state index in [-0.39, 0.29) is 30.0 Å². The lowest BCUT2D eigenvalue weighted by molar-refractivity contribution is 0.461. The van der Waals surface area contributed by atoms with Gasteiger partial charge >= 0.3 is 0 Å². The maximum Gasteiger partial charge on any atom is 0.130 e. The average molecular weight is 218 g/mol. The fourth-order valence-electron chi connectivity index (χ4n) is 1.85. The molecule has 14 heavy (non-hydrogen) atoms. The van der Waals surface area contributed by atoms with Crippen molar-refractivity contribution in [2.45, 2.75) is 25.3 Å². The zero-order chi connectivity index (χ0) is 9.42. The molecule has 0 saturated heterocycles. The van der Waals surface area contributed by atoms with Gasteiger partial charge in [0.1, 0.15) is 11.6 Å². The van der Waals surface area contributed by atoms with Gasteiger partial charge in [0.15, 0.2) is 0 Å². The molecule has 1 atom stereocenters. The fourth-order valence-corrected chi connectivity index (χ4v) is 1.85. The van der Waals surface area contributed by atoms with Crippen molar-refractivity contribution < 1.29 is 9.50 Å². The van der Waals surface area contributed by atoms with Crippen LogP contribution in [0.4, 0.5) is 4.39 Å². The highest BCUT2D eigenvalue weighted by molar-refractivity contribution is 5.85. The van der Waals surface area contributed by atoms with E-state index >= 15 is 0 Å². The molecule has 1 aromatic carbocycles. The molecular formula is C10H13ClFNO. The number of hydrogen-bond donors (Lipinski definition) is 2. The monoisotopic (exact) mass is 217 g/mol. The van der Waals surface area contributed by atoms with Crippen molar-refractivity contribution in [2.75, 3.05) is 0 Å². The molecule has 1 aliphatic rings. The molecule has 0 amide bonds. The minimum atomic E-state index is -0.304. The van der Waals surface area contributed by atoms with Crippen LogP contribution >= 0.6 is 12.4 Å². The summed E-state index contributed by atoms with van der Waals surface area (Å²) in [5.41, 5.74) is 7.33. The van der Waals surface area contributed by atoms with Crippen LogP contribution in [0.3, 0.4) is 0 Å². The number of phenolic OH excluding ortho intramolecular Hbond substituents is 1. The number of hydrogen-bond acceptors (Lipinski definition) is 2.